The van der Waals surface area contributed by atoms with Crippen molar-refractivity contribution in [1.82, 2.24) is 10.2 Å². The quantitative estimate of drug-likeness (QED) is 0.313. The Labute approximate surface area is 253 Å². The van der Waals surface area contributed by atoms with Crippen molar-refractivity contribution in [3.05, 3.63) is 118 Å². The molecule has 1 saturated heterocycles. The zero-order valence-corrected chi connectivity index (χ0v) is 25.0. The summed E-state index contributed by atoms with van der Waals surface area (Å²) in [5.74, 6) is -1.54. The third-order valence-electron chi connectivity index (χ3n) is 8.22. The summed E-state index contributed by atoms with van der Waals surface area (Å²) in [6.07, 6.45) is 1.50. The lowest BCUT2D eigenvalue weighted by atomic mass is 9.75. The second kappa shape index (κ2) is 14.0. The van der Waals surface area contributed by atoms with Gasteiger partial charge in [0.25, 0.3) is 0 Å². The van der Waals surface area contributed by atoms with E-state index in [-0.39, 0.29) is 18.4 Å². The van der Waals surface area contributed by atoms with E-state index in [9.17, 15) is 9.59 Å². The first-order valence-corrected chi connectivity index (χ1v) is 15.1. The average Bonchev–Trinajstić information content (AvgIpc) is 3.29. The van der Waals surface area contributed by atoms with Gasteiger partial charge in [-0.3, -0.25) is 9.79 Å². The van der Waals surface area contributed by atoms with Crippen LogP contribution in [0.3, 0.4) is 0 Å². The van der Waals surface area contributed by atoms with Gasteiger partial charge < -0.3 is 15.0 Å². The van der Waals surface area contributed by atoms with Crippen LogP contribution in [0.2, 0.25) is 5.02 Å². The van der Waals surface area contributed by atoms with E-state index in [0.717, 1.165) is 25.1 Å². The van der Waals surface area contributed by atoms with E-state index < -0.39 is 17.8 Å². The highest BCUT2D eigenvalue weighted by atomic mass is 35.5. The summed E-state index contributed by atoms with van der Waals surface area (Å²) in [6.45, 7) is 6.84. The number of esters is 1. The molecule has 0 radical (unpaired) electrons. The maximum absolute atomic E-state index is 14.1. The molecule has 0 spiro atoms. The van der Waals surface area contributed by atoms with Crippen LogP contribution in [0.15, 0.2) is 101 Å². The lowest BCUT2D eigenvalue weighted by molar-refractivity contribution is -0.140. The average molecular weight is 584 g/mol. The number of aliphatic imine (C=N–C) groups is 1. The van der Waals surface area contributed by atoms with Crippen LogP contribution < -0.4 is 5.32 Å². The van der Waals surface area contributed by atoms with E-state index in [4.69, 9.17) is 21.3 Å². The van der Waals surface area contributed by atoms with Gasteiger partial charge in [-0.1, -0.05) is 84.4 Å². The topological polar surface area (TPSA) is 71.0 Å². The van der Waals surface area contributed by atoms with Crippen LogP contribution in [0.25, 0.3) is 0 Å². The van der Waals surface area contributed by atoms with E-state index in [2.05, 4.69) is 29.6 Å². The molecule has 2 aliphatic heterocycles. The molecule has 1 fully saturated rings. The molecule has 2 aliphatic rings. The van der Waals surface area contributed by atoms with Gasteiger partial charge in [0.15, 0.2) is 0 Å². The van der Waals surface area contributed by atoms with Gasteiger partial charge in [0.2, 0.25) is 5.91 Å². The van der Waals surface area contributed by atoms with Crippen molar-refractivity contribution in [3.8, 4) is 0 Å². The highest BCUT2D eigenvalue weighted by molar-refractivity contribution is 6.30. The van der Waals surface area contributed by atoms with Crippen molar-refractivity contribution < 1.29 is 14.3 Å². The number of hydrogen-bond acceptors (Lipinski definition) is 5. The van der Waals surface area contributed by atoms with Crippen molar-refractivity contribution in [3.63, 3.8) is 0 Å². The number of benzene rings is 3. The number of amides is 1. The summed E-state index contributed by atoms with van der Waals surface area (Å²) in [4.78, 5) is 34.6. The van der Waals surface area contributed by atoms with E-state index >= 15 is 0 Å². The molecule has 0 aromatic heterocycles. The van der Waals surface area contributed by atoms with Gasteiger partial charge in [0, 0.05) is 47.9 Å². The first kappa shape index (κ1) is 29.7. The maximum atomic E-state index is 14.1. The fourth-order valence-electron chi connectivity index (χ4n) is 6.19. The Bertz CT molecular complexity index is 1410. The molecule has 0 bridgehead atoms. The molecule has 3 aromatic carbocycles. The van der Waals surface area contributed by atoms with E-state index in [1.165, 1.54) is 11.1 Å². The first-order valence-electron chi connectivity index (χ1n) is 14.7. The molecule has 1 amide bonds. The standard InChI is InChI=1S/C35H38ClN3O3/c1-24-31(34(40)39-20-10-18-37-19-21-39)33(28-15-9-16-29(36)23-28)32(25(2)38-24)35(41)42-22-17-30(26-11-5-3-6-12-26)27-13-7-4-8-14-27/h3-9,11-16,23,30-31,33,37H,10,17-22H2,1-2H3. The molecule has 7 heteroatoms. The second-order valence-electron chi connectivity index (χ2n) is 11.0. The number of nitrogens with zero attached hydrogens (tertiary/aromatic N) is 2. The van der Waals surface area contributed by atoms with Crippen LogP contribution in [-0.2, 0) is 14.3 Å². The summed E-state index contributed by atoms with van der Waals surface area (Å²) >= 11 is 6.43. The lowest BCUT2D eigenvalue weighted by Gasteiger charge is -2.35. The van der Waals surface area contributed by atoms with Crippen molar-refractivity contribution in [2.24, 2.45) is 10.9 Å². The van der Waals surface area contributed by atoms with Gasteiger partial charge in [-0.05, 0) is 62.1 Å². The summed E-state index contributed by atoms with van der Waals surface area (Å²) < 4.78 is 6.00. The van der Waals surface area contributed by atoms with Gasteiger partial charge >= 0.3 is 5.97 Å². The predicted molar refractivity (Wildman–Crippen MR) is 168 cm³/mol. The molecule has 2 heterocycles. The molecule has 42 heavy (non-hydrogen) atoms. The Morgan fingerprint density at radius 3 is 2.31 bits per heavy atom. The Morgan fingerprint density at radius 1 is 0.952 bits per heavy atom. The summed E-state index contributed by atoms with van der Waals surface area (Å²) in [5, 5.41) is 3.91. The molecule has 0 aliphatic carbocycles. The Kier molecular flexibility index (Phi) is 9.88. The number of rotatable bonds is 8. The van der Waals surface area contributed by atoms with Gasteiger partial charge in [-0.25, -0.2) is 4.79 Å². The number of hydrogen-bond donors (Lipinski definition) is 1. The van der Waals surface area contributed by atoms with Crippen molar-refractivity contribution in [2.75, 3.05) is 32.8 Å². The Hall–Kier alpha value is -3.74. The molecule has 1 N–H and O–H groups in total. The first-order chi connectivity index (χ1) is 20.4. The third-order valence-corrected chi connectivity index (χ3v) is 8.45. The van der Waals surface area contributed by atoms with Crippen LogP contribution in [-0.4, -0.2) is 55.3 Å². The van der Waals surface area contributed by atoms with E-state index in [1.54, 1.807) is 6.07 Å². The number of ether oxygens (including phenoxy) is 1. The number of carbonyl (C=O) groups is 2. The predicted octanol–water partition coefficient (Wildman–Crippen LogP) is 6.38. The molecule has 0 saturated carbocycles. The highest BCUT2D eigenvalue weighted by Crippen LogP contribution is 2.41. The molecular formula is C35H38ClN3O3. The van der Waals surface area contributed by atoms with Crippen molar-refractivity contribution >= 4 is 29.2 Å². The van der Waals surface area contributed by atoms with Gasteiger partial charge in [0.05, 0.1) is 18.1 Å². The molecule has 3 aromatic rings. The summed E-state index contributed by atoms with van der Waals surface area (Å²) in [6, 6.07) is 28.0. The zero-order valence-electron chi connectivity index (χ0n) is 24.3. The highest BCUT2D eigenvalue weighted by Gasteiger charge is 2.43. The normalized spacial score (nSPS) is 19.3. The third kappa shape index (κ3) is 6.83. The molecule has 2 atom stereocenters. The van der Waals surface area contributed by atoms with Gasteiger partial charge in [-0.2, -0.15) is 0 Å². The summed E-state index contributed by atoms with van der Waals surface area (Å²) in [5.41, 5.74) is 4.84. The maximum Gasteiger partial charge on any atom is 0.336 e. The second-order valence-corrected chi connectivity index (χ2v) is 11.4. The van der Waals surface area contributed by atoms with Crippen molar-refractivity contribution in [2.45, 2.75) is 38.5 Å². The minimum atomic E-state index is -0.616. The molecule has 6 nitrogen and oxygen atoms in total. The molecule has 2 unspecified atom stereocenters. The Balaban J connectivity index is 1.42. The van der Waals surface area contributed by atoms with Crippen LogP contribution >= 0.6 is 11.6 Å². The number of carbonyl (C=O) groups excluding carboxylic acids is 2. The number of halogens is 1. The van der Waals surface area contributed by atoms with Crippen LogP contribution in [0.4, 0.5) is 0 Å². The van der Waals surface area contributed by atoms with Gasteiger partial charge in [-0.15, -0.1) is 0 Å². The number of nitrogens with one attached hydrogen (secondary N) is 1. The fourth-order valence-corrected chi connectivity index (χ4v) is 6.39. The van der Waals surface area contributed by atoms with Crippen LogP contribution in [0, 0.1) is 5.92 Å². The molecular weight excluding hydrogens is 546 g/mol. The molecule has 218 valence electrons. The minimum Gasteiger partial charge on any atom is -0.462 e. The molecule has 5 rings (SSSR count). The van der Waals surface area contributed by atoms with Crippen LogP contribution in [0.1, 0.15) is 55.2 Å². The Morgan fingerprint density at radius 2 is 1.64 bits per heavy atom. The lowest BCUT2D eigenvalue weighted by Crippen LogP contribution is -2.45. The number of allylic oxidation sites excluding steroid dienone is 1. The zero-order chi connectivity index (χ0) is 29.5. The van der Waals surface area contributed by atoms with Crippen LogP contribution in [0.5, 0.6) is 0 Å². The largest absolute Gasteiger partial charge is 0.462 e. The summed E-state index contributed by atoms with van der Waals surface area (Å²) in [7, 11) is 0. The minimum absolute atomic E-state index is 0.0176. The van der Waals surface area contributed by atoms with Crippen molar-refractivity contribution in [1.29, 1.82) is 0 Å². The smallest absolute Gasteiger partial charge is 0.336 e. The van der Waals surface area contributed by atoms with E-state index in [1.807, 2.05) is 73.3 Å². The SMILES string of the molecule is CC1=NC(C)=C(C(=O)OCCC(c2ccccc2)c2ccccc2)C(c2cccc(Cl)c2)C1C(=O)N1CCCNCC1. The van der Waals surface area contributed by atoms with Gasteiger partial charge in [0.1, 0.15) is 0 Å². The van der Waals surface area contributed by atoms with E-state index in [0.29, 0.717) is 41.5 Å². The monoisotopic (exact) mass is 583 g/mol. The fraction of sp³-hybridized carbons (Fsp3) is 0.343.